The number of sulfonamides is 1. The molecule has 1 saturated carbocycles. The third-order valence-corrected chi connectivity index (χ3v) is 9.86. The third kappa shape index (κ3) is 7.33. The summed E-state index contributed by atoms with van der Waals surface area (Å²) in [4.78, 5) is 34.2. The molecule has 1 amide bonds. The number of carboxylic acid groups (broad SMARTS) is 1. The number of aliphatic carboxylic acids is 1. The van der Waals surface area contributed by atoms with Crippen LogP contribution in [-0.2, 0) is 24.3 Å². The maximum atomic E-state index is 13.6. The van der Waals surface area contributed by atoms with Crippen molar-refractivity contribution in [2.75, 3.05) is 39.2 Å². The molecule has 4 rings (SSSR count). The van der Waals surface area contributed by atoms with Crippen molar-refractivity contribution in [1.82, 2.24) is 14.3 Å². The summed E-state index contributed by atoms with van der Waals surface area (Å²) in [5, 5.41) is 12.4. The van der Waals surface area contributed by atoms with Gasteiger partial charge in [0.2, 0.25) is 21.8 Å². The Hall–Kier alpha value is -3.13. The van der Waals surface area contributed by atoms with Crippen LogP contribution in [0.3, 0.4) is 0 Å². The van der Waals surface area contributed by atoms with Crippen LogP contribution in [0.5, 0.6) is 5.88 Å². The van der Waals surface area contributed by atoms with Gasteiger partial charge in [0.1, 0.15) is 10.3 Å². The topological polar surface area (TPSA) is 148 Å². The van der Waals surface area contributed by atoms with E-state index in [1.165, 1.54) is 37.7 Å². The van der Waals surface area contributed by atoms with Gasteiger partial charge in [-0.1, -0.05) is 49.2 Å². The number of ether oxygens (including phenoxy) is 2. The molecule has 1 atom stereocenters. The molecule has 40 heavy (non-hydrogen) atoms. The summed E-state index contributed by atoms with van der Waals surface area (Å²) >= 11 is 1.26. The number of carbonyl (C=O) groups is 2. The number of carboxylic acids is 1. The number of carbonyl (C=O) groups excluding carboxylic acids is 1. The highest BCUT2D eigenvalue weighted by atomic mass is 32.2. The fraction of sp³-hybridized carbons (Fsp3) is 0.481. The molecule has 11 nitrogen and oxygen atoms in total. The van der Waals surface area contributed by atoms with Crippen LogP contribution >= 0.6 is 11.3 Å². The second kappa shape index (κ2) is 13.5. The third-order valence-electron chi connectivity index (χ3n) is 7.07. The molecule has 0 aliphatic heterocycles. The first-order valence-electron chi connectivity index (χ1n) is 13.1. The van der Waals surface area contributed by atoms with E-state index in [9.17, 15) is 18.0 Å². The minimum atomic E-state index is -3.96. The molecule has 0 spiro atoms. The summed E-state index contributed by atoms with van der Waals surface area (Å²) in [5.41, 5.74) is 1.36. The number of hydrogen-bond donors (Lipinski definition) is 2. The first-order valence-corrected chi connectivity index (χ1v) is 15.4. The fourth-order valence-corrected chi connectivity index (χ4v) is 7.18. The van der Waals surface area contributed by atoms with Gasteiger partial charge in [0.25, 0.3) is 0 Å². The van der Waals surface area contributed by atoms with E-state index in [1.807, 2.05) is 0 Å². The number of benzene rings is 1. The van der Waals surface area contributed by atoms with Crippen LogP contribution in [0, 0.1) is 5.92 Å². The quantitative estimate of drug-likeness (QED) is 0.283. The number of rotatable bonds is 14. The number of anilines is 1. The first kappa shape index (κ1) is 29.8. The summed E-state index contributed by atoms with van der Waals surface area (Å²) in [6.07, 6.45) is 4.70. The SMILES string of the molecule is COCCN(CCC(=O)O)S(=O)(=O)c1ccc([C@@H](CC2CCCC2)C(=O)Nc2nc3ccc(OC)nc3s2)cc1. The molecule has 0 unspecified atom stereocenters. The average molecular weight is 591 g/mol. The van der Waals surface area contributed by atoms with E-state index in [0.29, 0.717) is 39.3 Å². The van der Waals surface area contributed by atoms with Crippen molar-refractivity contribution in [2.24, 2.45) is 5.92 Å². The second-order valence-electron chi connectivity index (χ2n) is 9.73. The maximum Gasteiger partial charge on any atom is 0.304 e. The van der Waals surface area contributed by atoms with Crippen LogP contribution < -0.4 is 10.1 Å². The van der Waals surface area contributed by atoms with E-state index in [0.717, 1.165) is 30.0 Å². The van der Waals surface area contributed by atoms with Crippen molar-refractivity contribution < 1.29 is 32.6 Å². The molecule has 0 bridgehead atoms. The minimum absolute atomic E-state index is 0.0312. The first-order chi connectivity index (χ1) is 19.2. The number of hydrogen-bond acceptors (Lipinski definition) is 9. The number of pyridine rings is 1. The van der Waals surface area contributed by atoms with Crippen LogP contribution in [0.15, 0.2) is 41.3 Å². The van der Waals surface area contributed by atoms with Crippen LogP contribution in [0.2, 0.25) is 0 Å². The maximum absolute atomic E-state index is 13.6. The van der Waals surface area contributed by atoms with E-state index < -0.39 is 21.9 Å². The molecule has 0 saturated heterocycles. The summed E-state index contributed by atoms with van der Waals surface area (Å²) in [6.45, 7) is -0.00348. The highest BCUT2D eigenvalue weighted by Crippen LogP contribution is 2.36. The molecule has 2 N–H and O–H groups in total. The largest absolute Gasteiger partial charge is 0.481 e. The number of thiazole rings is 1. The van der Waals surface area contributed by atoms with Crippen molar-refractivity contribution in [1.29, 1.82) is 0 Å². The number of fused-ring (bicyclic) bond motifs is 1. The lowest BCUT2D eigenvalue weighted by molar-refractivity contribution is -0.137. The zero-order valence-corrected chi connectivity index (χ0v) is 24.2. The Labute approximate surface area is 237 Å². The highest BCUT2D eigenvalue weighted by molar-refractivity contribution is 7.89. The van der Waals surface area contributed by atoms with Crippen molar-refractivity contribution in [2.45, 2.75) is 49.3 Å². The second-order valence-corrected chi connectivity index (χ2v) is 12.7. The van der Waals surface area contributed by atoms with Gasteiger partial charge in [0.15, 0.2) is 5.13 Å². The average Bonchev–Trinajstić information content (AvgIpc) is 3.60. The number of aromatic nitrogens is 2. The van der Waals surface area contributed by atoms with Gasteiger partial charge in [-0.05, 0) is 36.1 Å². The minimum Gasteiger partial charge on any atom is -0.481 e. The molecule has 1 aliphatic rings. The standard InChI is InChI=1S/C27H34N4O7S2/c1-37-16-15-31(14-13-24(32)33)40(35,36)20-9-7-19(8-10-20)21(17-18-5-3-4-6-18)25(34)30-27-28-22-11-12-23(38-2)29-26(22)39-27/h7-12,18,21H,3-6,13-17H2,1-2H3,(H,32,33)(H,28,30,34)/t21-/m1/s1. The summed E-state index contributed by atoms with van der Waals surface area (Å²) in [7, 11) is -0.970. The molecule has 13 heteroatoms. The number of methoxy groups -OCH3 is 2. The Morgan fingerprint density at radius 3 is 2.48 bits per heavy atom. The number of nitrogens with one attached hydrogen (secondary N) is 1. The number of nitrogens with zero attached hydrogens (tertiary/aromatic N) is 3. The van der Waals surface area contributed by atoms with Gasteiger partial charge in [0, 0.05) is 26.3 Å². The van der Waals surface area contributed by atoms with Crippen LogP contribution in [-0.4, -0.2) is 73.6 Å². The monoisotopic (exact) mass is 590 g/mol. The zero-order chi connectivity index (χ0) is 28.7. The number of amides is 1. The van der Waals surface area contributed by atoms with E-state index in [-0.39, 0.29) is 36.9 Å². The van der Waals surface area contributed by atoms with Crippen molar-refractivity contribution in [3.63, 3.8) is 0 Å². The molecule has 1 aromatic carbocycles. The Morgan fingerprint density at radius 1 is 1.10 bits per heavy atom. The van der Waals surface area contributed by atoms with Crippen molar-refractivity contribution in [3.8, 4) is 5.88 Å². The summed E-state index contributed by atoms with van der Waals surface area (Å²) in [6, 6.07) is 9.80. The Balaban J connectivity index is 1.56. The smallest absolute Gasteiger partial charge is 0.304 e. The molecule has 1 aliphatic carbocycles. The fourth-order valence-electron chi connectivity index (χ4n) is 4.92. The molecule has 216 valence electrons. The molecule has 0 radical (unpaired) electrons. The van der Waals surface area contributed by atoms with Gasteiger partial charge >= 0.3 is 5.97 Å². The molecule has 2 aromatic heterocycles. The predicted octanol–water partition coefficient (Wildman–Crippen LogP) is 4.11. The lowest BCUT2D eigenvalue weighted by atomic mass is 9.87. The van der Waals surface area contributed by atoms with E-state index in [2.05, 4.69) is 15.3 Å². The van der Waals surface area contributed by atoms with Crippen LogP contribution in [0.25, 0.3) is 10.3 Å². The van der Waals surface area contributed by atoms with Crippen LogP contribution in [0.1, 0.15) is 50.0 Å². The Bertz CT molecular complexity index is 1420. The summed E-state index contributed by atoms with van der Waals surface area (Å²) in [5.74, 6) is -0.924. The highest BCUT2D eigenvalue weighted by Gasteiger charge is 2.29. The molecular formula is C27H34N4O7S2. The van der Waals surface area contributed by atoms with E-state index >= 15 is 0 Å². The predicted molar refractivity (Wildman–Crippen MR) is 151 cm³/mol. The van der Waals surface area contributed by atoms with E-state index in [4.69, 9.17) is 14.6 Å². The van der Waals surface area contributed by atoms with Crippen molar-refractivity contribution in [3.05, 3.63) is 42.0 Å². The van der Waals surface area contributed by atoms with Gasteiger partial charge in [-0.15, -0.1) is 0 Å². The van der Waals surface area contributed by atoms with Crippen molar-refractivity contribution >= 4 is 48.7 Å². The molecular weight excluding hydrogens is 556 g/mol. The van der Waals surface area contributed by atoms with Gasteiger partial charge in [-0.2, -0.15) is 4.31 Å². The molecule has 1 fully saturated rings. The molecule has 3 aromatic rings. The lowest BCUT2D eigenvalue weighted by Crippen LogP contribution is -2.35. The Morgan fingerprint density at radius 2 is 1.82 bits per heavy atom. The normalized spacial score (nSPS) is 15.0. The lowest BCUT2D eigenvalue weighted by Gasteiger charge is -2.23. The summed E-state index contributed by atoms with van der Waals surface area (Å²) < 4.78 is 37.9. The van der Waals surface area contributed by atoms with Gasteiger partial charge in [-0.25, -0.2) is 18.4 Å². The van der Waals surface area contributed by atoms with E-state index in [1.54, 1.807) is 24.3 Å². The van der Waals surface area contributed by atoms with Gasteiger partial charge < -0.3 is 19.9 Å². The molecule has 2 heterocycles. The zero-order valence-electron chi connectivity index (χ0n) is 22.5. The van der Waals surface area contributed by atoms with Crippen LogP contribution in [0.4, 0.5) is 5.13 Å². The van der Waals surface area contributed by atoms with Gasteiger partial charge in [-0.3, -0.25) is 9.59 Å². The Kier molecular flexibility index (Phi) is 10.1. The van der Waals surface area contributed by atoms with Gasteiger partial charge in [0.05, 0.1) is 31.0 Å².